The Morgan fingerprint density at radius 1 is 1.41 bits per heavy atom. The van der Waals surface area contributed by atoms with E-state index in [1.807, 2.05) is 30.7 Å². The Kier molecular flexibility index (Phi) is 5.97. The minimum Gasteiger partial charge on any atom is -0.387 e. The van der Waals surface area contributed by atoms with Gasteiger partial charge < -0.3 is 20.3 Å². The summed E-state index contributed by atoms with van der Waals surface area (Å²) in [7, 11) is 0. The van der Waals surface area contributed by atoms with Crippen molar-refractivity contribution >= 4 is 17.4 Å². The number of carbonyl (C=O) groups excluding carboxylic acids is 1. The maximum atomic E-state index is 11.8. The van der Waals surface area contributed by atoms with Gasteiger partial charge in [-0.2, -0.15) is 11.3 Å². The molecule has 3 N–H and O–H groups in total. The van der Waals surface area contributed by atoms with Crippen LogP contribution in [0.1, 0.15) is 42.5 Å². The average molecular weight is 323 g/mol. The number of nitrogens with one attached hydrogen (secondary N) is 2. The normalized spacial score (nSPS) is 12.1. The fraction of sp³-hybridized carbons (Fsp3) is 0.467. The summed E-state index contributed by atoms with van der Waals surface area (Å²) in [5.74, 6) is 0.801. The van der Waals surface area contributed by atoms with Gasteiger partial charge in [0, 0.05) is 25.1 Å². The van der Waals surface area contributed by atoms with Crippen LogP contribution in [0, 0.1) is 0 Å². The highest BCUT2D eigenvalue weighted by Gasteiger charge is 2.15. The second-order valence-electron chi connectivity index (χ2n) is 4.87. The highest BCUT2D eigenvalue weighted by molar-refractivity contribution is 7.07. The van der Waals surface area contributed by atoms with Gasteiger partial charge >= 0.3 is 6.03 Å². The second-order valence-corrected chi connectivity index (χ2v) is 5.65. The Hall–Kier alpha value is -1.86. The number of urea groups is 1. The molecule has 0 radical (unpaired) electrons. The Labute approximate surface area is 133 Å². The largest absolute Gasteiger partial charge is 0.387 e. The van der Waals surface area contributed by atoms with Gasteiger partial charge in [-0.1, -0.05) is 19.0 Å². The summed E-state index contributed by atoms with van der Waals surface area (Å²) >= 11 is 1.51. The first-order valence-electron chi connectivity index (χ1n) is 7.33. The van der Waals surface area contributed by atoms with Crippen molar-refractivity contribution in [3.05, 3.63) is 39.4 Å². The lowest BCUT2D eigenvalue weighted by Gasteiger charge is -2.11. The molecule has 2 rings (SSSR count). The van der Waals surface area contributed by atoms with Crippen LogP contribution in [-0.4, -0.2) is 22.8 Å². The van der Waals surface area contributed by atoms with Crippen LogP contribution in [-0.2, 0) is 19.4 Å². The second kappa shape index (κ2) is 7.95. The highest BCUT2D eigenvalue weighted by atomic mass is 32.1. The molecule has 0 fully saturated rings. The van der Waals surface area contributed by atoms with Crippen molar-refractivity contribution in [1.29, 1.82) is 0 Å². The van der Waals surface area contributed by atoms with Gasteiger partial charge in [-0.05, 0) is 28.8 Å². The van der Waals surface area contributed by atoms with Crippen molar-refractivity contribution < 1.29 is 14.4 Å². The molecule has 2 aromatic rings. The highest BCUT2D eigenvalue weighted by Crippen LogP contribution is 2.16. The van der Waals surface area contributed by atoms with Crippen LogP contribution in [0.4, 0.5) is 4.79 Å². The standard InChI is InChI=1S/C15H21N3O3S/c1-3-12-11(14(4-2)21-18-12)7-16-15(20)17-8-13(19)10-5-6-22-9-10/h5-6,9,13,19H,3-4,7-8H2,1-2H3,(H2,16,17,20). The number of aryl methyl sites for hydroxylation is 2. The summed E-state index contributed by atoms with van der Waals surface area (Å²) in [5, 5.41) is 23.1. The molecule has 0 aliphatic carbocycles. The molecule has 7 heteroatoms. The monoisotopic (exact) mass is 323 g/mol. The number of rotatable bonds is 7. The molecular weight excluding hydrogens is 302 g/mol. The van der Waals surface area contributed by atoms with Gasteiger partial charge in [-0.15, -0.1) is 0 Å². The van der Waals surface area contributed by atoms with E-state index in [-0.39, 0.29) is 12.6 Å². The predicted molar refractivity (Wildman–Crippen MR) is 84.8 cm³/mol. The van der Waals surface area contributed by atoms with Crippen molar-refractivity contribution in [3.63, 3.8) is 0 Å². The molecule has 0 aliphatic rings. The molecule has 2 aromatic heterocycles. The van der Waals surface area contributed by atoms with Crippen molar-refractivity contribution in [2.75, 3.05) is 6.54 Å². The number of amides is 2. The number of aromatic nitrogens is 1. The van der Waals surface area contributed by atoms with Gasteiger partial charge in [-0.25, -0.2) is 4.79 Å². The molecule has 0 aliphatic heterocycles. The quantitative estimate of drug-likeness (QED) is 0.730. The molecule has 0 spiro atoms. The van der Waals surface area contributed by atoms with Crippen LogP contribution in [0.5, 0.6) is 0 Å². The topological polar surface area (TPSA) is 87.4 Å². The Balaban J connectivity index is 1.82. The summed E-state index contributed by atoms with van der Waals surface area (Å²) in [6, 6.07) is 1.52. The van der Waals surface area contributed by atoms with Crippen LogP contribution >= 0.6 is 11.3 Å². The molecule has 22 heavy (non-hydrogen) atoms. The van der Waals surface area contributed by atoms with Crippen LogP contribution in [0.2, 0.25) is 0 Å². The lowest BCUT2D eigenvalue weighted by molar-refractivity contribution is 0.173. The summed E-state index contributed by atoms with van der Waals surface area (Å²) in [4.78, 5) is 11.8. The summed E-state index contributed by atoms with van der Waals surface area (Å²) in [6.07, 6.45) is 0.812. The molecule has 6 nitrogen and oxygen atoms in total. The Bertz CT molecular complexity index is 574. The van der Waals surface area contributed by atoms with Crippen molar-refractivity contribution in [3.8, 4) is 0 Å². The average Bonchev–Trinajstić information content (AvgIpc) is 3.19. The van der Waals surface area contributed by atoms with Gasteiger partial charge in [0.1, 0.15) is 5.76 Å². The predicted octanol–water partition coefficient (Wildman–Crippen LogP) is 2.39. The number of aliphatic hydroxyl groups is 1. The molecule has 1 unspecified atom stereocenters. The zero-order valence-electron chi connectivity index (χ0n) is 12.8. The molecular formula is C15H21N3O3S. The van der Waals surface area contributed by atoms with Crippen LogP contribution < -0.4 is 10.6 Å². The molecule has 0 saturated carbocycles. The molecule has 0 saturated heterocycles. The summed E-state index contributed by atoms with van der Waals surface area (Å²) in [5.41, 5.74) is 2.62. The molecule has 0 bridgehead atoms. The van der Waals surface area contributed by atoms with Gasteiger partial charge in [0.15, 0.2) is 0 Å². The van der Waals surface area contributed by atoms with Crippen LogP contribution in [0.15, 0.2) is 21.3 Å². The number of thiophene rings is 1. The van der Waals surface area contributed by atoms with E-state index >= 15 is 0 Å². The number of carbonyl (C=O) groups is 1. The van der Waals surface area contributed by atoms with E-state index in [2.05, 4.69) is 15.8 Å². The Morgan fingerprint density at radius 3 is 2.86 bits per heavy atom. The number of aliphatic hydroxyl groups excluding tert-OH is 1. The van der Waals surface area contributed by atoms with Crippen LogP contribution in [0.25, 0.3) is 0 Å². The minimum absolute atomic E-state index is 0.174. The fourth-order valence-corrected chi connectivity index (χ4v) is 2.85. The van der Waals surface area contributed by atoms with E-state index in [1.54, 1.807) is 0 Å². The first kappa shape index (κ1) is 16.5. The van der Waals surface area contributed by atoms with Crippen molar-refractivity contribution in [1.82, 2.24) is 15.8 Å². The third kappa shape index (κ3) is 4.08. The third-order valence-electron chi connectivity index (χ3n) is 3.42. The Morgan fingerprint density at radius 2 is 2.23 bits per heavy atom. The van der Waals surface area contributed by atoms with E-state index in [1.165, 1.54) is 11.3 Å². The molecule has 120 valence electrons. The lowest BCUT2D eigenvalue weighted by Crippen LogP contribution is -2.37. The van der Waals surface area contributed by atoms with Crippen molar-refractivity contribution in [2.24, 2.45) is 0 Å². The van der Waals surface area contributed by atoms with Gasteiger partial charge in [-0.3, -0.25) is 0 Å². The molecule has 2 heterocycles. The van der Waals surface area contributed by atoms with Gasteiger partial charge in [0.2, 0.25) is 0 Å². The first-order chi connectivity index (χ1) is 10.7. The van der Waals surface area contributed by atoms with Crippen LogP contribution in [0.3, 0.4) is 0 Å². The fourth-order valence-electron chi connectivity index (χ4n) is 2.14. The van der Waals surface area contributed by atoms with Gasteiger partial charge in [0.05, 0.1) is 11.8 Å². The zero-order valence-corrected chi connectivity index (χ0v) is 13.6. The summed E-state index contributed by atoms with van der Waals surface area (Å²) in [6.45, 7) is 4.53. The van der Waals surface area contributed by atoms with Gasteiger partial charge in [0.25, 0.3) is 0 Å². The SMILES string of the molecule is CCc1noc(CC)c1CNC(=O)NCC(O)c1ccsc1. The molecule has 2 amide bonds. The smallest absolute Gasteiger partial charge is 0.315 e. The number of hydrogen-bond acceptors (Lipinski definition) is 5. The number of hydrogen-bond donors (Lipinski definition) is 3. The van der Waals surface area contributed by atoms with E-state index in [4.69, 9.17) is 4.52 Å². The van der Waals surface area contributed by atoms with Crippen molar-refractivity contribution in [2.45, 2.75) is 39.3 Å². The summed E-state index contributed by atoms with van der Waals surface area (Å²) < 4.78 is 5.25. The minimum atomic E-state index is -0.690. The third-order valence-corrected chi connectivity index (χ3v) is 4.12. The maximum absolute atomic E-state index is 11.8. The van der Waals surface area contributed by atoms with E-state index in [0.29, 0.717) is 6.54 Å². The molecule has 0 aromatic carbocycles. The lowest BCUT2D eigenvalue weighted by atomic mass is 10.1. The van der Waals surface area contributed by atoms with E-state index in [0.717, 1.165) is 35.4 Å². The maximum Gasteiger partial charge on any atom is 0.315 e. The molecule has 1 atom stereocenters. The number of nitrogens with zero attached hydrogens (tertiary/aromatic N) is 1. The zero-order chi connectivity index (χ0) is 15.9. The van der Waals surface area contributed by atoms with E-state index < -0.39 is 6.10 Å². The first-order valence-corrected chi connectivity index (χ1v) is 8.28. The van der Waals surface area contributed by atoms with E-state index in [9.17, 15) is 9.90 Å².